The van der Waals surface area contributed by atoms with Gasteiger partial charge in [0.05, 0.1) is 36.6 Å². The summed E-state index contributed by atoms with van der Waals surface area (Å²) in [4.78, 5) is 10.6. The summed E-state index contributed by atoms with van der Waals surface area (Å²) >= 11 is 7.90. The van der Waals surface area contributed by atoms with Gasteiger partial charge in [-0.1, -0.05) is 16.8 Å². The third kappa shape index (κ3) is 2.95. The van der Waals surface area contributed by atoms with Gasteiger partial charge in [-0.05, 0) is 31.7 Å². The molecule has 1 unspecified atom stereocenters. The van der Waals surface area contributed by atoms with E-state index in [-0.39, 0.29) is 0 Å². The predicted octanol–water partition coefficient (Wildman–Crippen LogP) is 3.38. The number of ether oxygens (including phenoxy) is 1. The van der Waals surface area contributed by atoms with Crippen molar-refractivity contribution in [1.29, 1.82) is 0 Å². The number of aromatic nitrogens is 6. The highest BCUT2D eigenvalue weighted by Crippen LogP contribution is 2.47. The maximum absolute atomic E-state index is 11.1. The van der Waals surface area contributed by atoms with Gasteiger partial charge in [-0.2, -0.15) is 0 Å². The van der Waals surface area contributed by atoms with Crippen molar-refractivity contribution < 1.29 is 9.84 Å². The summed E-state index contributed by atoms with van der Waals surface area (Å²) in [5, 5.41) is 19.8. The molecule has 0 spiro atoms. The second kappa shape index (κ2) is 6.84. The molecule has 1 saturated carbocycles. The van der Waals surface area contributed by atoms with Gasteiger partial charge in [0.1, 0.15) is 28.0 Å². The number of aliphatic hydroxyl groups excluding tert-OH is 1. The largest absolute Gasteiger partial charge is 0.477 e. The molecule has 10 heteroatoms. The molecule has 1 fully saturated rings. The lowest BCUT2D eigenvalue weighted by atomic mass is 10.1. The van der Waals surface area contributed by atoms with E-state index in [0.29, 0.717) is 34.8 Å². The van der Waals surface area contributed by atoms with Crippen LogP contribution in [0.4, 0.5) is 0 Å². The molecular weight excluding hydrogens is 400 g/mol. The third-order valence-corrected chi connectivity index (χ3v) is 6.21. The first kappa shape index (κ1) is 17.6. The smallest absolute Gasteiger partial charge is 0.232 e. The second-order valence-electron chi connectivity index (χ2n) is 6.63. The van der Waals surface area contributed by atoms with Gasteiger partial charge >= 0.3 is 0 Å². The Hall–Kier alpha value is -2.49. The average molecular weight is 417 g/mol. The molecule has 0 aromatic carbocycles. The van der Waals surface area contributed by atoms with Gasteiger partial charge in [0, 0.05) is 4.88 Å². The van der Waals surface area contributed by atoms with Crippen LogP contribution >= 0.6 is 22.9 Å². The molecule has 1 N–H and O–H groups in total. The van der Waals surface area contributed by atoms with Crippen molar-refractivity contribution in [3.8, 4) is 11.6 Å². The summed E-state index contributed by atoms with van der Waals surface area (Å²) in [6.07, 6.45) is 8.26. The Morgan fingerprint density at radius 3 is 3.00 bits per heavy atom. The average Bonchev–Trinajstić information content (AvgIpc) is 3.10. The van der Waals surface area contributed by atoms with Gasteiger partial charge in [0.2, 0.25) is 5.88 Å². The minimum atomic E-state index is -0.890. The van der Waals surface area contributed by atoms with Crippen LogP contribution in [0.3, 0.4) is 0 Å². The molecular formula is C18H17ClN6O2S. The summed E-state index contributed by atoms with van der Waals surface area (Å²) in [5.41, 5.74) is 1.93. The van der Waals surface area contributed by atoms with Gasteiger partial charge in [-0.3, -0.25) is 4.40 Å². The highest BCUT2D eigenvalue weighted by Gasteiger charge is 2.33. The Bertz CT molecular complexity index is 1150. The molecule has 1 aliphatic rings. The molecule has 4 aromatic heterocycles. The summed E-state index contributed by atoms with van der Waals surface area (Å²) in [6, 6.07) is 1.71. The van der Waals surface area contributed by atoms with E-state index in [1.807, 2.05) is 17.5 Å². The van der Waals surface area contributed by atoms with Crippen LogP contribution in [0, 0.1) is 0 Å². The first-order valence-electron chi connectivity index (χ1n) is 8.99. The molecule has 0 aliphatic heterocycles. The van der Waals surface area contributed by atoms with Crippen LogP contribution in [0.25, 0.3) is 10.5 Å². The van der Waals surface area contributed by atoms with Crippen LogP contribution < -0.4 is 4.74 Å². The van der Waals surface area contributed by atoms with E-state index in [0.717, 1.165) is 23.4 Å². The number of halogens is 1. The van der Waals surface area contributed by atoms with E-state index in [1.54, 1.807) is 40.8 Å². The monoisotopic (exact) mass is 416 g/mol. The number of nitrogens with zero attached hydrogens (tertiary/aromatic N) is 6. The standard InChI is InChI=1S/C18H17ClN6O2S/c1-2-27-18-12(19)5-11(6-21-18)25-8-13(22-23-25)16(26)15-17(10-3-4-10)28-14-7-20-9-24(14)15/h5-10,16,26H,2-4H2,1H3. The van der Waals surface area contributed by atoms with Crippen LogP contribution in [-0.4, -0.2) is 41.1 Å². The van der Waals surface area contributed by atoms with E-state index in [2.05, 4.69) is 20.3 Å². The van der Waals surface area contributed by atoms with E-state index >= 15 is 0 Å². The van der Waals surface area contributed by atoms with E-state index in [4.69, 9.17) is 16.3 Å². The molecule has 4 aromatic rings. The fourth-order valence-corrected chi connectivity index (χ4v) is 4.69. The molecule has 0 radical (unpaired) electrons. The number of thiazole rings is 1. The minimum absolute atomic E-state index is 0.378. The number of hydrogen-bond acceptors (Lipinski definition) is 7. The zero-order valence-electron chi connectivity index (χ0n) is 15.0. The van der Waals surface area contributed by atoms with E-state index in [1.165, 1.54) is 4.88 Å². The number of pyridine rings is 1. The number of imidazole rings is 1. The Kier molecular flexibility index (Phi) is 4.30. The maximum Gasteiger partial charge on any atom is 0.232 e. The molecule has 144 valence electrons. The minimum Gasteiger partial charge on any atom is -0.477 e. The van der Waals surface area contributed by atoms with Crippen LogP contribution in [0.1, 0.15) is 48.1 Å². The van der Waals surface area contributed by atoms with Gasteiger partial charge < -0.3 is 9.84 Å². The second-order valence-corrected chi connectivity index (χ2v) is 8.10. The number of rotatable bonds is 6. The van der Waals surface area contributed by atoms with Crippen LogP contribution in [0.5, 0.6) is 5.88 Å². The molecule has 1 atom stereocenters. The fourth-order valence-electron chi connectivity index (χ4n) is 3.18. The summed E-state index contributed by atoms with van der Waals surface area (Å²) in [6.45, 7) is 2.35. The molecule has 0 bridgehead atoms. The number of aliphatic hydroxyl groups is 1. The number of fused-ring (bicyclic) bond motifs is 1. The number of hydrogen-bond donors (Lipinski definition) is 1. The topological polar surface area (TPSA) is 90.4 Å². The first-order valence-corrected chi connectivity index (χ1v) is 10.2. The normalized spacial score (nSPS) is 15.2. The fraction of sp³-hybridized carbons (Fsp3) is 0.333. The van der Waals surface area contributed by atoms with Crippen molar-refractivity contribution in [3.05, 3.63) is 52.3 Å². The maximum atomic E-state index is 11.1. The van der Waals surface area contributed by atoms with Crippen molar-refractivity contribution in [2.75, 3.05) is 6.61 Å². The van der Waals surface area contributed by atoms with E-state index in [9.17, 15) is 5.11 Å². The molecule has 1 aliphatic carbocycles. The quantitative estimate of drug-likeness (QED) is 0.518. The highest BCUT2D eigenvalue weighted by molar-refractivity contribution is 7.17. The molecule has 0 amide bonds. The van der Waals surface area contributed by atoms with Crippen LogP contribution in [0.15, 0.2) is 31.0 Å². The molecule has 4 heterocycles. The van der Waals surface area contributed by atoms with Crippen molar-refractivity contribution in [3.63, 3.8) is 0 Å². The first-order chi connectivity index (χ1) is 13.7. The SMILES string of the molecule is CCOc1ncc(-n2cc(C(O)c3c(C4CC4)sc4cncn34)nn2)cc1Cl. The van der Waals surface area contributed by atoms with Crippen molar-refractivity contribution >= 4 is 27.8 Å². The summed E-state index contributed by atoms with van der Waals surface area (Å²) in [5.74, 6) is 0.891. The van der Waals surface area contributed by atoms with Crippen LogP contribution in [-0.2, 0) is 0 Å². The van der Waals surface area contributed by atoms with Gasteiger partial charge in [0.25, 0.3) is 0 Å². The Morgan fingerprint density at radius 2 is 2.25 bits per heavy atom. The van der Waals surface area contributed by atoms with E-state index < -0.39 is 6.10 Å². The van der Waals surface area contributed by atoms with Gasteiger partial charge in [-0.25, -0.2) is 14.6 Å². The van der Waals surface area contributed by atoms with Crippen molar-refractivity contribution in [1.82, 2.24) is 29.4 Å². The Balaban J connectivity index is 1.49. The summed E-state index contributed by atoms with van der Waals surface area (Å²) in [7, 11) is 0. The van der Waals surface area contributed by atoms with Gasteiger partial charge in [-0.15, -0.1) is 16.4 Å². The molecule has 8 nitrogen and oxygen atoms in total. The highest BCUT2D eigenvalue weighted by atomic mass is 35.5. The Labute approximate surface area is 169 Å². The molecule has 5 rings (SSSR count). The lowest BCUT2D eigenvalue weighted by Crippen LogP contribution is -2.06. The van der Waals surface area contributed by atoms with Crippen molar-refractivity contribution in [2.24, 2.45) is 0 Å². The third-order valence-electron chi connectivity index (χ3n) is 4.67. The zero-order valence-corrected chi connectivity index (χ0v) is 16.6. The lowest BCUT2D eigenvalue weighted by Gasteiger charge is -2.09. The van der Waals surface area contributed by atoms with Gasteiger partial charge in [0.15, 0.2) is 0 Å². The lowest BCUT2D eigenvalue weighted by molar-refractivity contribution is 0.208. The summed E-state index contributed by atoms with van der Waals surface area (Å²) < 4.78 is 8.84. The predicted molar refractivity (Wildman–Crippen MR) is 104 cm³/mol. The Morgan fingerprint density at radius 1 is 1.39 bits per heavy atom. The van der Waals surface area contributed by atoms with Crippen LogP contribution in [0.2, 0.25) is 5.02 Å². The molecule has 28 heavy (non-hydrogen) atoms. The molecule has 0 saturated heterocycles. The zero-order chi connectivity index (χ0) is 19.3. The van der Waals surface area contributed by atoms with Crippen molar-refractivity contribution in [2.45, 2.75) is 31.8 Å².